The zero-order chi connectivity index (χ0) is 13.8. The van der Waals surface area contributed by atoms with E-state index in [4.69, 9.17) is 10.3 Å². The smallest absolute Gasteiger partial charge is 0.220 e. The summed E-state index contributed by atoms with van der Waals surface area (Å²) in [6.45, 7) is 4.23. The number of nitrogens with zero attached hydrogens (tertiary/aromatic N) is 1. The number of carbonyl (C=O) groups is 1. The first kappa shape index (κ1) is 14.1. The van der Waals surface area contributed by atoms with Crippen molar-refractivity contribution >= 4 is 5.91 Å². The van der Waals surface area contributed by atoms with Gasteiger partial charge < -0.3 is 15.6 Å². The average molecular weight is 265 g/mol. The number of nitrogens with one attached hydrogen (secondary N) is 1. The highest BCUT2D eigenvalue weighted by atomic mass is 16.5. The molecule has 1 aromatic heterocycles. The molecule has 0 saturated heterocycles. The van der Waals surface area contributed by atoms with E-state index in [-0.39, 0.29) is 11.9 Å². The molecule has 5 nitrogen and oxygen atoms in total. The lowest BCUT2D eigenvalue weighted by atomic mass is 9.83. The van der Waals surface area contributed by atoms with Crippen molar-refractivity contribution in [3.05, 3.63) is 17.0 Å². The van der Waals surface area contributed by atoms with Crippen LogP contribution in [0, 0.1) is 19.8 Å². The fourth-order valence-electron chi connectivity index (χ4n) is 2.74. The molecule has 1 saturated carbocycles. The Balaban J connectivity index is 1.81. The molecule has 1 amide bonds. The lowest BCUT2D eigenvalue weighted by Gasteiger charge is -2.27. The molecule has 0 spiro atoms. The van der Waals surface area contributed by atoms with Crippen molar-refractivity contribution in [3.8, 4) is 0 Å². The van der Waals surface area contributed by atoms with Gasteiger partial charge in [0.25, 0.3) is 0 Å². The minimum Gasteiger partial charge on any atom is -0.361 e. The Labute approximate surface area is 113 Å². The van der Waals surface area contributed by atoms with Crippen LogP contribution in [0.1, 0.15) is 49.1 Å². The predicted octanol–water partition coefficient (Wildman–Crippen LogP) is 1.82. The van der Waals surface area contributed by atoms with E-state index in [0.717, 1.165) is 29.9 Å². The highest BCUT2D eigenvalue weighted by Crippen LogP contribution is 2.25. The summed E-state index contributed by atoms with van der Waals surface area (Å²) in [6.07, 6.45) is 5.03. The third-order valence-corrected chi connectivity index (χ3v) is 4.06. The Morgan fingerprint density at radius 3 is 2.79 bits per heavy atom. The van der Waals surface area contributed by atoms with Crippen LogP contribution in [-0.4, -0.2) is 17.1 Å². The first-order valence-electron chi connectivity index (χ1n) is 7.02. The third-order valence-electron chi connectivity index (χ3n) is 4.06. The first-order valence-corrected chi connectivity index (χ1v) is 7.02. The fraction of sp³-hybridized carbons (Fsp3) is 0.714. The van der Waals surface area contributed by atoms with Crippen LogP contribution in [0.4, 0.5) is 0 Å². The molecule has 1 heterocycles. The van der Waals surface area contributed by atoms with E-state index < -0.39 is 0 Å². The number of aromatic nitrogens is 1. The molecule has 1 aliphatic rings. The van der Waals surface area contributed by atoms with Gasteiger partial charge in [-0.25, -0.2) is 0 Å². The van der Waals surface area contributed by atoms with Crippen molar-refractivity contribution in [1.29, 1.82) is 0 Å². The lowest BCUT2D eigenvalue weighted by Crippen LogP contribution is -2.37. The molecule has 5 heteroatoms. The second kappa shape index (κ2) is 6.19. The van der Waals surface area contributed by atoms with Crippen molar-refractivity contribution in [3.63, 3.8) is 0 Å². The SMILES string of the molecule is Cc1noc(C)c1CNC(=O)CC1CCCCC1N. The third kappa shape index (κ3) is 3.56. The summed E-state index contributed by atoms with van der Waals surface area (Å²) < 4.78 is 5.07. The Hall–Kier alpha value is -1.36. The summed E-state index contributed by atoms with van der Waals surface area (Å²) in [5, 5.41) is 6.82. The van der Waals surface area contributed by atoms with Gasteiger partial charge in [-0.05, 0) is 32.6 Å². The van der Waals surface area contributed by atoms with E-state index in [9.17, 15) is 4.79 Å². The van der Waals surface area contributed by atoms with Crippen LogP contribution in [0.25, 0.3) is 0 Å². The van der Waals surface area contributed by atoms with Crippen molar-refractivity contribution in [1.82, 2.24) is 10.5 Å². The van der Waals surface area contributed by atoms with Crippen molar-refractivity contribution in [2.45, 2.75) is 58.5 Å². The van der Waals surface area contributed by atoms with E-state index >= 15 is 0 Å². The van der Waals surface area contributed by atoms with Gasteiger partial charge >= 0.3 is 0 Å². The monoisotopic (exact) mass is 265 g/mol. The zero-order valence-corrected chi connectivity index (χ0v) is 11.7. The Morgan fingerprint density at radius 2 is 2.16 bits per heavy atom. The van der Waals surface area contributed by atoms with Gasteiger partial charge in [0.1, 0.15) is 5.76 Å². The molecule has 2 unspecified atom stereocenters. The number of rotatable bonds is 4. The van der Waals surface area contributed by atoms with Crippen LogP contribution in [0.3, 0.4) is 0 Å². The zero-order valence-electron chi connectivity index (χ0n) is 11.7. The maximum atomic E-state index is 12.0. The molecule has 0 aliphatic heterocycles. The molecule has 0 bridgehead atoms. The van der Waals surface area contributed by atoms with Gasteiger partial charge in [-0.3, -0.25) is 4.79 Å². The quantitative estimate of drug-likeness (QED) is 0.870. The van der Waals surface area contributed by atoms with Crippen LogP contribution in [0.5, 0.6) is 0 Å². The summed E-state index contributed by atoms with van der Waals surface area (Å²) in [4.78, 5) is 12.0. The number of hydrogen-bond acceptors (Lipinski definition) is 4. The van der Waals surface area contributed by atoms with Crippen LogP contribution in [-0.2, 0) is 11.3 Å². The largest absolute Gasteiger partial charge is 0.361 e. The van der Waals surface area contributed by atoms with Crippen LogP contribution < -0.4 is 11.1 Å². The van der Waals surface area contributed by atoms with Gasteiger partial charge in [0, 0.05) is 24.6 Å². The Bertz CT molecular complexity index is 422. The second-order valence-electron chi connectivity index (χ2n) is 5.49. The first-order chi connectivity index (χ1) is 9.08. The number of amides is 1. The van der Waals surface area contributed by atoms with Gasteiger partial charge in [-0.1, -0.05) is 18.0 Å². The highest BCUT2D eigenvalue weighted by Gasteiger charge is 2.24. The van der Waals surface area contributed by atoms with Gasteiger partial charge in [-0.2, -0.15) is 0 Å². The molecule has 0 radical (unpaired) electrons. The predicted molar refractivity (Wildman–Crippen MR) is 72.4 cm³/mol. The topological polar surface area (TPSA) is 81.2 Å². The van der Waals surface area contributed by atoms with Gasteiger partial charge in [0.05, 0.1) is 5.69 Å². The van der Waals surface area contributed by atoms with E-state index in [2.05, 4.69) is 10.5 Å². The minimum absolute atomic E-state index is 0.0716. The number of aryl methyl sites for hydroxylation is 2. The molecule has 1 fully saturated rings. The van der Waals surface area contributed by atoms with Crippen molar-refractivity contribution in [2.24, 2.45) is 11.7 Å². The fourth-order valence-corrected chi connectivity index (χ4v) is 2.74. The molecule has 2 atom stereocenters. The molecular weight excluding hydrogens is 242 g/mol. The lowest BCUT2D eigenvalue weighted by molar-refractivity contribution is -0.122. The average Bonchev–Trinajstić information content (AvgIpc) is 2.70. The Morgan fingerprint density at radius 1 is 1.42 bits per heavy atom. The maximum absolute atomic E-state index is 12.0. The molecule has 0 aromatic carbocycles. The van der Waals surface area contributed by atoms with Gasteiger partial charge in [0.2, 0.25) is 5.91 Å². The number of carbonyl (C=O) groups excluding carboxylic acids is 1. The molecule has 106 valence electrons. The summed E-state index contributed by atoms with van der Waals surface area (Å²) in [5.74, 6) is 1.17. The van der Waals surface area contributed by atoms with E-state index in [1.54, 1.807) is 0 Å². The normalized spacial score (nSPS) is 23.3. The minimum atomic E-state index is 0.0716. The van der Waals surface area contributed by atoms with Crippen molar-refractivity contribution < 1.29 is 9.32 Å². The van der Waals surface area contributed by atoms with E-state index in [0.29, 0.717) is 18.9 Å². The van der Waals surface area contributed by atoms with Crippen molar-refractivity contribution in [2.75, 3.05) is 0 Å². The van der Waals surface area contributed by atoms with Gasteiger partial charge in [0.15, 0.2) is 0 Å². The summed E-state index contributed by atoms with van der Waals surface area (Å²) >= 11 is 0. The highest BCUT2D eigenvalue weighted by molar-refractivity contribution is 5.76. The molecule has 1 aromatic rings. The molecule has 19 heavy (non-hydrogen) atoms. The number of nitrogens with two attached hydrogens (primary N) is 1. The second-order valence-corrected chi connectivity index (χ2v) is 5.49. The molecule has 3 N–H and O–H groups in total. The van der Waals surface area contributed by atoms with Crippen LogP contribution >= 0.6 is 0 Å². The van der Waals surface area contributed by atoms with E-state index in [1.165, 1.54) is 12.8 Å². The Kier molecular flexibility index (Phi) is 4.58. The van der Waals surface area contributed by atoms with Gasteiger partial charge in [-0.15, -0.1) is 0 Å². The standard InChI is InChI=1S/C14H23N3O2/c1-9-12(10(2)19-17-9)8-16-14(18)7-11-5-3-4-6-13(11)15/h11,13H,3-8,15H2,1-2H3,(H,16,18). The molecular formula is C14H23N3O2. The molecule has 1 aliphatic carbocycles. The maximum Gasteiger partial charge on any atom is 0.220 e. The summed E-state index contributed by atoms with van der Waals surface area (Å²) in [5.41, 5.74) is 7.87. The number of hydrogen-bond donors (Lipinski definition) is 2. The summed E-state index contributed by atoms with van der Waals surface area (Å²) in [7, 11) is 0. The van der Waals surface area contributed by atoms with Crippen LogP contribution in [0.2, 0.25) is 0 Å². The van der Waals surface area contributed by atoms with Crippen LogP contribution in [0.15, 0.2) is 4.52 Å². The summed E-state index contributed by atoms with van der Waals surface area (Å²) in [6, 6.07) is 0.179. The van der Waals surface area contributed by atoms with E-state index in [1.807, 2.05) is 13.8 Å². The molecule has 2 rings (SSSR count).